The fourth-order valence-electron chi connectivity index (χ4n) is 2.86. The molecule has 0 saturated carbocycles. The van der Waals surface area contributed by atoms with E-state index in [0.29, 0.717) is 12.8 Å². The quantitative estimate of drug-likeness (QED) is 0.516. The van der Waals surface area contributed by atoms with Crippen LogP contribution in [0.5, 0.6) is 0 Å². The molecule has 2 aromatic carbocycles. The molecular formula is C20H18Br2N2O2S. The number of benzene rings is 2. The highest BCUT2D eigenvalue weighted by Gasteiger charge is 2.24. The minimum absolute atomic E-state index is 0.243. The Labute approximate surface area is 177 Å². The van der Waals surface area contributed by atoms with Crippen LogP contribution in [0.3, 0.4) is 0 Å². The van der Waals surface area contributed by atoms with Crippen LogP contribution in [-0.4, -0.2) is 19.9 Å². The van der Waals surface area contributed by atoms with Gasteiger partial charge in [0.15, 0.2) is 9.84 Å². The van der Waals surface area contributed by atoms with E-state index in [2.05, 4.69) is 44.0 Å². The molecule has 0 spiro atoms. The van der Waals surface area contributed by atoms with E-state index < -0.39 is 21.7 Å². The molecular weight excluding hydrogens is 492 g/mol. The largest absolute Gasteiger partial charge is 0.229 e. The molecule has 0 N–H and O–H groups in total. The molecule has 0 fully saturated rings. The van der Waals surface area contributed by atoms with Gasteiger partial charge in [-0.2, -0.15) is 10.5 Å². The van der Waals surface area contributed by atoms with Gasteiger partial charge in [-0.15, -0.1) is 0 Å². The lowest BCUT2D eigenvalue weighted by Crippen LogP contribution is -2.24. The lowest BCUT2D eigenvalue weighted by Gasteiger charge is -2.13. The van der Waals surface area contributed by atoms with Gasteiger partial charge in [0.1, 0.15) is 0 Å². The van der Waals surface area contributed by atoms with E-state index in [0.717, 1.165) is 20.1 Å². The van der Waals surface area contributed by atoms with Gasteiger partial charge in [-0.05, 0) is 48.2 Å². The van der Waals surface area contributed by atoms with Crippen molar-refractivity contribution in [2.24, 2.45) is 11.8 Å². The summed E-state index contributed by atoms with van der Waals surface area (Å²) in [5.74, 6) is -1.77. The summed E-state index contributed by atoms with van der Waals surface area (Å²) < 4.78 is 26.9. The number of sulfone groups is 1. The summed E-state index contributed by atoms with van der Waals surface area (Å²) in [5, 5.41) is 18.8. The van der Waals surface area contributed by atoms with Crippen LogP contribution in [0.1, 0.15) is 11.1 Å². The second kappa shape index (κ2) is 10.0. The number of halogens is 2. The summed E-state index contributed by atoms with van der Waals surface area (Å²) in [5.41, 5.74) is 1.80. The summed E-state index contributed by atoms with van der Waals surface area (Å²) >= 11 is 6.75. The third kappa shape index (κ3) is 7.46. The predicted molar refractivity (Wildman–Crippen MR) is 113 cm³/mol. The van der Waals surface area contributed by atoms with Crippen LogP contribution in [0.4, 0.5) is 0 Å². The zero-order valence-corrected chi connectivity index (χ0v) is 18.5. The molecule has 4 nitrogen and oxygen atoms in total. The Bertz CT molecular complexity index is 904. The van der Waals surface area contributed by atoms with Crippen molar-refractivity contribution in [3.63, 3.8) is 0 Å². The van der Waals surface area contributed by atoms with E-state index in [1.54, 1.807) is 0 Å². The second-order valence-corrected chi connectivity index (χ2v) is 10.4. The van der Waals surface area contributed by atoms with Crippen molar-refractivity contribution in [2.45, 2.75) is 12.8 Å². The molecule has 0 aliphatic rings. The molecule has 0 aliphatic heterocycles. The molecule has 2 atom stereocenters. The third-order valence-electron chi connectivity index (χ3n) is 4.02. The molecule has 2 unspecified atom stereocenters. The van der Waals surface area contributed by atoms with Gasteiger partial charge in [-0.3, -0.25) is 0 Å². The van der Waals surface area contributed by atoms with Crippen LogP contribution >= 0.6 is 31.9 Å². The van der Waals surface area contributed by atoms with Gasteiger partial charge < -0.3 is 0 Å². The van der Waals surface area contributed by atoms with Crippen molar-refractivity contribution in [3.05, 3.63) is 68.6 Å². The van der Waals surface area contributed by atoms with Gasteiger partial charge in [-0.1, -0.05) is 56.1 Å². The van der Waals surface area contributed by atoms with Crippen LogP contribution in [0, 0.1) is 34.5 Å². The standard InChI is InChI=1S/C20H18Br2N2O2S/c21-19-5-1-3-15(9-19)7-17(11-23)13-27(25,26)14-18(12-24)8-16-4-2-6-20(22)10-16/h1-6,9-10,17-18H,7-8,13-14H2. The summed E-state index contributed by atoms with van der Waals surface area (Å²) in [4.78, 5) is 0. The Kier molecular flexibility index (Phi) is 8.04. The first-order chi connectivity index (χ1) is 12.8. The van der Waals surface area contributed by atoms with Gasteiger partial charge >= 0.3 is 0 Å². The van der Waals surface area contributed by atoms with Crippen LogP contribution in [0.25, 0.3) is 0 Å². The molecule has 0 aromatic heterocycles. The lowest BCUT2D eigenvalue weighted by molar-refractivity contribution is 0.573. The van der Waals surface area contributed by atoms with Crippen molar-refractivity contribution in [1.29, 1.82) is 10.5 Å². The van der Waals surface area contributed by atoms with Gasteiger partial charge in [0.05, 0.1) is 35.5 Å². The first-order valence-electron chi connectivity index (χ1n) is 8.30. The highest BCUT2D eigenvalue weighted by Crippen LogP contribution is 2.19. The first-order valence-corrected chi connectivity index (χ1v) is 11.7. The Morgan fingerprint density at radius 3 is 1.56 bits per heavy atom. The minimum Gasteiger partial charge on any atom is -0.229 e. The molecule has 2 aromatic rings. The van der Waals surface area contributed by atoms with Crippen molar-refractivity contribution in [1.82, 2.24) is 0 Å². The number of nitriles is 2. The van der Waals surface area contributed by atoms with Gasteiger partial charge in [0, 0.05) is 8.95 Å². The van der Waals surface area contributed by atoms with E-state index in [1.807, 2.05) is 48.5 Å². The summed E-state index contributed by atoms with van der Waals surface area (Å²) in [6.07, 6.45) is 0.718. The average Bonchev–Trinajstić information content (AvgIpc) is 2.60. The maximum absolute atomic E-state index is 12.6. The Balaban J connectivity index is 2.03. The molecule has 0 aliphatic carbocycles. The second-order valence-electron chi connectivity index (χ2n) is 6.40. The SMILES string of the molecule is N#CC(Cc1cccc(Br)c1)CS(=O)(=O)CC(C#N)Cc1cccc(Br)c1. The molecule has 0 radical (unpaired) electrons. The summed E-state index contributed by atoms with van der Waals surface area (Å²) in [7, 11) is -3.53. The Morgan fingerprint density at radius 1 is 0.815 bits per heavy atom. The molecule has 7 heteroatoms. The van der Waals surface area contributed by atoms with E-state index in [9.17, 15) is 18.9 Å². The summed E-state index contributed by atoms with van der Waals surface area (Å²) in [6, 6.07) is 19.1. The molecule has 0 heterocycles. The normalized spacial score (nSPS) is 13.3. The van der Waals surface area contributed by atoms with Crippen LogP contribution < -0.4 is 0 Å². The minimum atomic E-state index is -3.53. The van der Waals surface area contributed by atoms with Crippen LogP contribution in [0.15, 0.2) is 57.5 Å². The molecule has 0 saturated heterocycles. The number of nitrogens with zero attached hydrogens (tertiary/aromatic N) is 2. The zero-order chi connectivity index (χ0) is 19.9. The number of hydrogen-bond acceptors (Lipinski definition) is 4. The monoisotopic (exact) mass is 508 g/mol. The van der Waals surface area contributed by atoms with E-state index in [1.165, 1.54) is 0 Å². The fraction of sp³-hybridized carbons (Fsp3) is 0.300. The Morgan fingerprint density at radius 2 is 1.22 bits per heavy atom. The van der Waals surface area contributed by atoms with E-state index in [-0.39, 0.29) is 11.5 Å². The molecule has 0 amide bonds. The number of rotatable bonds is 8. The van der Waals surface area contributed by atoms with Crippen LogP contribution in [-0.2, 0) is 22.7 Å². The molecule has 140 valence electrons. The topological polar surface area (TPSA) is 81.7 Å². The number of hydrogen-bond donors (Lipinski definition) is 0. The smallest absolute Gasteiger partial charge is 0.152 e. The zero-order valence-electron chi connectivity index (χ0n) is 14.5. The maximum atomic E-state index is 12.6. The highest BCUT2D eigenvalue weighted by molar-refractivity contribution is 9.10. The van der Waals surface area contributed by atoms with Crippen LogP contribution in [0.2, 0.25) is 0 Å². The first kappa shape index (κ1) is 21.6. The van der Waals surface area contributed by atoms with E-state index >= 15 is 0 Å². The van der Waals surface area contributed by atoms with E-state index in [4.69, 9.17) is 0 Å². The average molecular weight is 510 g/mol. The van der Waals surface area contributed by atoms with Crippen molar-refractivity contribution >= 4 is 41.7 Å². The summed E-state index contributed by atoms with van der Waals surface area (Å²) in [6.45, 7) is 0. The third-order valence-corrected chi connectivity index (χ3v) is 6.82. The predicted octanol–water partition coefficient (Wildman–Crippen LogP) is 4.69. The fourth-order valence-corrected chi connectivity index (χ4v) is 5.50. The van der Waals surface area contributed by atoms with Crippen molar-refractivity contribution in [2.75, 3.05) is 11.5 Å². The highest BCUT2D eigenvalue weighted by atomic mass is 79.9. The van der Waals surface area contributed by atoms with Crippen molar-refractivity contribution in [3.8, 4) is 12.1 Å². The van der Waals surface area contributed by atoms with Gasteiger partial charge in [0.2, 0.25) is 0 Å². The maximum Gasteiger partial charge on any atom is 0.152 e. The van der Waals surface area contributed by atoms with Gasteiger partial charge in [0.25, 0.3) is 0 Å². The molecule has 2 rings (SSSR count). The molecule has 27 heavy (non-hydrogen) atoms. The Hall–Kier alpha value is -1.67. The van der Waals surface area contributed by atoms with Crippen molar-refractivity contribution < 1.29 is 8.42 Å². The van der Waals surface area contributed by atoms with Gasteiger partial charge in [-0.25, -0.2) is 8.42 Å². The lowest BCUT2D eigenvalue weighted by atomic mass is 10.0. The molecule has 0 bridgehead atoms.